The molecule has 1 aliphatic rings. The van der Waals surface area contributed by atoms with Gasteiger partial charge in [-0.2, -0.15) is 0 Å². The Morgan fingerprint density at radius 3 is 2.09 bits per heavy atom. The lowest BCUT2D eigenvalue weighted by atomic mass is 9.99. The Morgan fingerprint density at radius 1 is 0.744 bits per heavy atom. The number of hydrogen-bond donors (Lipinski definition) is 1. The molecular weight excluding hydrogens is 548 g/mol. The van der Waals surface area contributed by atoms with Crippen LogP contribution in [-0.2, 0) is 9.53 Å². The number of fused-ring (bicyclic) bond motifs is 3. The monoisotopic (exact) mass is 580 g/mol. The van der Waals surface area contributed by atoms with Gasteiger partial charge in [0.2, 0.25) is 6.79 Å². The van der Waals surface area contributed by atoms with Gasteiger partial charge in [-0.05, 0) is 94.1 Å². The van der Waals surface area contributed by atoms with Crippen LogP contribution >= 0.6 is 0 Å². The van der Waals surface area contributed by atoms with E-state index in [1.165, 1.54) is 19.4 Å². The largest absolute Gasteiger partial charge is 0.504 e. The molecule has 0 heterocycles. The standard InChI is InChI=1S/C35H32O8/c1-22-29-19-25(42-21-41-16-15-24-5-12-31(36)33(17-24)39-3)8-10-27(29)28-11-9-26(20-30(22)28)43-35(37)14-7-23-6-13-32(38-2)34(18-23)40-4/h5-20,22,36H,21H2,1-4H3. The molecule has 1 N–H and O–H groups in total. The molecule has 220 valence electrons. The molecule has 0 radical (unpaired) electrons. The topological polar surface area (TPSA) is 92.7 Å². The van der Waals surface area contributed by atoms with Crippen LogP contribution in [0, 0.1) is 0 Å². The smallest absolute Gasteiger partial charge is 0.336 e. The van der Waals surface area contributed by atoms with Crippen LogP contribution in [-0.4, -0.2) is 39.2 Å². The van der Waals surface area contributed by atoms with Gasteiger partial charge < -0.3 is 33.5 Å². The van der Waals surface area contributed by atoms with Gasteiger partial charge in [-0.15, -0.1) is 0 Å². The Kier molecular flexibility index (Phi) is 8.86. The van der Waals surface area contributed by atoms with Crippen molar-refractivity contribution in [2.24, 2.45) is 0 Å². The predicted molar refractivity (Wildman–Crippen MR) is 164 cm³/mol. The average molecular weight is 581 g/mol. The second-order valence-corrected chi connectivity index (χ2v) is 9.75. The van der Waals surface area contributed by atoms with Crippen LogP contribution < -0.4 is 23.7 Å². The summed E-state index contributed by atoms with van der Waals surface area (Å²) in [6, 6.07) is 22.1. The number of methoxy groups -OCH3 is 3. The van der Waals surface area contributed by atoms with E-state index in [0.717, 1.165) is 33.4 Å². The van der Waals surface area contributed by atoms with Crippen LogP contribution in [0.4, 0.5) is 0 Å². The van der Waals surface area contributed by atoms with Gasteiger partial charge in [-0.25, -0.2) is 4.79 Å². The Bertz CT molecular complexity index is 1690. The molecule has 0 aromatic heterocycles. The van der Waals surface area contributed by atoms with Gasteiger partial charge >= 0.3 is 5.97 Å². The van der Waals surface area contributed by atoms with Crippen LogP contribution in [0.2, 0.25) is 0 Å². The number of carbonyl (C=O) groups is 1. The zero-order valence-electron chi connectivity index (χ0n) is 24.3. The highest BCUT2D eigenvalue weighted by Crippen LogP contribution is 2.47. The van der Waals surface area contributed by atoms with E-state index in [0.29, 0.717) is 28.7 Å². The highest BCUT2D eigenvalue weighted by molar-refractivity contribution is 5.89. The molecule has 0 saturated carbocycles. The van der Waals surface area contributed by atoms with Crippen LogP contribution in [0.3, 0.4) is 0 Å². The fourth-order valence-corrected chi connectivity index (χ4v) is 4.95. The number of ether oxygens (including phenoxy) is 6. The lowest BCUT2D eigenvalue weighted by Crippen LogP contribution is -2.04. The fourth-order valence-electron chi connectivity index (χ4n) is 4.95. The maximum atomic E-state index is 12.6. The highest BCUT2D eigenvalue weighted by Gasteiger charge is 2.26. The van der Waals surface area contributed by atoms with Gasteiger partial charge in [0, 0.05) is 12.0 Å². The average Bonchev–Trinajstić information content (AvgIpc) is 3.30. The van der Waals surface area contributed by atoms with Crippen LogP contribution in [0.1, 0.15) is 35.1 Å². The first kappa shape index (κ1) is 29.1. The molecule has 5 rings (SSSR count). The molecule has 1 unspecified atom stereocenters. The zero-order chi connectivity index (χ0) is 30.3. The minimum Gasteiger partial charge on any atom is -0.504 e. The number of benzene rings is 4. The number of carbonyl (C=O) groups excluding carboxylic acids is 1. The second-order valence-electron chi connectivity index (χ2n) is 9.75. The summed E-state index contributed by atoms with van der Waals surface area (Å²) in [4.78, 5) is 12.6. The Balaban J connectivity index is 1.18. The molecule has 0 saturated heterocycles. The molecule has 1 atom stereocenters. The van der Waals surface area contributed by atoms with Gasteiger partial charge in [-0.3, -0.25) is 0 Å². The van der Waals surface area contributed by atoms with E-state index in [4.69, 9.17) is 28.4 Å². The van der Waals surface area contributed by atoms with Gasteiger partial charge in [-0.1, -0.05) is 31.2 Å². The van der Waals surface area contributed by atoms with E-state index >= 15 is 0 Å². The summed E-state index contributed by atoms with van der Waals surface area (Å²) in [7, 11) is 4.63. The van der Waals surface area contributed by atoms with Crippen molar-refractivity contribution in [3.8, 4) is 45.6 Å². The highest BCUT2D eigenvalue weighted by atomic mass is 16.7. The number of hydrogen-bond acceptors (Lipinski definition) is 8. The van der Waals surface area contributed by atoms with E-state index < -0.39 is 5.97 Å². The fraction of sp³-hybridized carbons (Fsp3) is 0.171. The quantitative estimate of drug-likeness (QED) is 0.0498. The number of esters is 1. The molecule has 0 amide bonds. The summed E-state index contributed by atoms with van der Waals surface area (Å²) in [5, 5.41) is 9.72. The van der Waals surface area contributed by atoms with Gasteiger partial charge in [0.25, 0.3) is 0 Å². The van der Waals surface area contributed by atoms with Crippen molar-refractivity contribution >= 4 is 18.1 Å². The lowest BCUT2D eigenvalue weighted by molar-refractivity contribution is -0.128. The predicted octanol–water partition coefficient (Wildman–Crippen LogP) is 7.19. The first-order valence-corrected chi connectivity index (χ1v) is 13.6. The Labute approximate surface area is 250 Å². The number of aromatic hydroxyl groups is 1. The molecule has 4 aromatic rings. The summed E-state index contributed by atoms with van der Waals surface area (Å²) in [6.07, 6.45) is 6.34. The third-order valence-electron chi connectivity index (χ3n) is 7.16. The third-order valence-corrected chi connectivity index (χ3v) is 7.16. The molecule has 43 heavy (non-hydrogen) atoms. The normalized spacial score (nSPS) is 13.4. The van der Waals surface area contributed by atoms with E-state index in [2.05, 4.69) is 6.92 Å². The minimum absolute atomic E-state index is 0.0305. The maximum absolute atomic E-state index is 12.6. The first-order valence-electron chi connectivity index (χ1n) is 13.6. The SMILES string of the molecule is COc1cc(C=COCOc2ccc3c(c2)C(C)c2cc(OC(=O)C=Cc4ccc(OC)c(OC)c4)ccc2-3)ccc1O. The molecule has 8 heteroatoms. The summed E-state index contributed by atoms with van der Waals surface area (Å²) >= 11 is 0. The van der Waals surface area contributed by atoms with E-state index in [1.807, 2.05) is 36.4 Å². The van der Waals surface area contributed by atoms with Crippen LogP contribution in [0.15, 0.2) is 85.1 Å². The van der Waals surface area contributed by atoms with Crippen molar-refractivity contribution in [2.75, 3.05) is 28.1 Å². The third kappa shape index (κ3) is 6.59. The maximum Gasteiger partial charge on any atom is 0.336 e. The molecule has 4 aromatic carbocycles. The summed E-state index contributed by atoms with van der Waals surface area (Å²) < 4.78 is 32.6. The number of phenols is 1. The van der Waals surface area contributed by atoms with Crippen molar-refractivity contribution in [1.29, 1.82) is 0 Å². The molecule has 0 aliphatic heterocycles. The number of rotatable bonds is 11. The lowest BCUT2D eigenvalue weighted by Gasteiger charge is -2.10. The van der Waals surface area contributed by atoms with E-state index in [-0.39, 0.29) is 18.5 Å². The summed E-state index contributed by atoms with van der Waals surface area (Å²) in [5.41, 5.74) is 6.00. The van der Waals surface area contributed by atoms with Gasteiger partial charge in [0.05, 0.1) is 27.6 Å². The van der Waals surface area contributed by atoms with E-state index in [1.54, 1.807) is 62.8 Å². The molecule has 1 aliphatic carbocycles. The van der Waals surface area contributed by atoms with Gasteiger partial charge in [0.1, 0.15) is 11.5 Å². The molecule has 0 bridgehead atoms. The Hall–Kier alpha value is -5.37. The number of phenolic OH excluding ortho intramolecular Hbond substituents is 1. The van der Waals surface area contributed by atoms with Crippen molar-refractivity contribution in [2.45, 2.75) is 12.8 Å². The summed E-state index contributed by atoms with van der Waals surface area (Å²) in [6.45, 7) is 2.14. The zero-order valence-corrected chi connectivity index (χ0v) is 24.3. The van der Waals surface area contributed by atoms with E-state index in [9.17, 15) is 9.90 Å². The summed E-state index contributed by atoms with van der Waals surface area (Å²) in [5.74, 6) is 2.42. The van der Waals surface area contributed by atoms with Crippen molar-refractivity contribution in [3.63, 3.8) is 0 Å². The Morgan fingerprint density at radius 2 is 1.37 bits per heavy atom. The van der Waals surface area contributed by atoms with Gasteiger partial charge in [0.15, 0.2) is 23.0 Å². The van der Waals surface area contributed by atoms with Crippen molar-refractivity contribution < 1.29 is 38.3 Å². The second kappa shape index (κ2) is 13.1. The molecule has 0 spiro atoms. The van der Waals surface area contributed by atoms with Crippen LogP contribution in [0.25, 0.3) is 23.3 Å². The minimum atomic E-state index is -0.479. The first-order chi connectivity index (χ1) is 20.9. The molecular formula is C35H32O8. The van der Waals surface area contributed by atoms with Crippen LogP contribution in [0.5, 0.6) is 34.5 Å². The molecule has 8 nitrogen and oxygen atoms in total. The van der Waals surface area contributed by atoms with Crippen molar-refractivity contribution in [1.82, 2.24) is 0 Å². The molecule has 0 fully saturated rings. The van der Waals surface area contributed by atoms with Crippen molar-refractivity contribution in [3.05, 3.63) is 107 Å².